The van der Waals surface area contributed by atoms with Crippen LogP contribution in [0, 0.1) is 0 Å². The van der Waals surface area contributed by atoms with Gasteiger partial charge in [0.15, 0.2) is 0 Å². The number of hydrogen-bond acceptors (Lipinski definition) is 4. The minimum absolute atomic E-state index is 0.0271. The standard InChI is InChI=1S/C26H29F6NO4/c1-2-3-12-36-24(35)33-11-7-10-21(23(33)17-8-5-4-6-9-17)37-22(16-34)18-13-19(25(27,28)29)15-20(14-18)26(30,31)32/h4-6,8-9,13-15,21-23,34H,2-3,7,10-12,16H2,1H3. The quantitative estimate of drug-likeness (QED) is 0.296. The first-order chi connectivity index (χ1) is 17.5. The van der Waals surface area contributed by atoms with Crippen LogP contribution in [0.2, 0.25) is 0 Å². The second-order valence-electron chi connectivity index (χ2n) is 8.84. The van der Waals surface area contributed by atoms with Crippen molar-refractivity contribution in [3.63, 3.8) is 0 Å². The molecular formula is C26H29F6NO4. The van der Waals surface area contributed by atoms with Crippen molar-refractivity contribution in [2.45, 2.75) is 63.2 Å². The second-order valence-corrected chi connectivity index (χ2v) is 8.84. The molecule has 1 aliphatic heterocycles. The van der Waals surface area contributed by atoms with E-state index in [1.165, 1.54) is 4.90 Å². The summed E-state index contributed by atoms with van der Waals surface area (Å²) in [5.74, 6) is 0. The number of aliphatic hydroxyl groups excluding tert-OH is 1. The monoisotopic (exact) mass is 533 g/mol. The highest BCUT2D eigenvalue weighted by Crippen LogP contribution is 2.40. The summed E-state index contributed by atoms with van der Waals surface area (Å²) >= 11 is 0. The molecule has 3 atom stereocenters. The summed E-state index contributed by atoms with van der Waals surface area (Å²) in [5, 5.41) is 9.98. The number of carbonyl (C=O) groups excluding carboxylic acids is 1. The van der Waals surface area contributed by atoms with Crippen molar-refractivity contribution < 1.29 is 45.7 Å². The Kier molecular flexibility index (Phi) is 9.46. The maximum atomic E-state index is 13.4. The Balaban J connectivity index is 1.96. The first-order valence-electron chi connectivity index (χ1n) is 12.0. The van der Waals surface area contributed by atoms with Crippen molar-refractivity contribution >= 4 is 6.09 Å². The lowest BCUT2D eigenvalue weighted by Crippen LogP contribution is -2.47. The SMILES string of the molecule is CCCCOC(=O)N1CCCC(OC(CO)c2cc(C(F)(F)F)cc(C(F)(F)F)c2)C1c1ccccc1. The lowest BCUT2D eigenvalue weighted by atomic mass is 9.92. The van der Waals surface area contributed by atoms with Crippen molar-refractivity contribution in [3.05, 3.63) is 70.8 Å². The smallest absolute Gasteiger partial charge is 0.416 e. The highest BCUT2D eigenvalue weighted by molar-refractivity contribution is 5.68. The van der Waals surface area contributed by atoms with E-state index >= 15 is 0 Å². The largest absolute Gasteiger partial charge is 0.449 e. The van der Waals surface area contributed by atoms with Crippen molar-refractivity contribution in [1.29, 1.82) is 0 Å². The topological polar surface area (TPSA) is 59.0 Å². The maximum Gasteiger partial charge on any atom is 0.416 e. The molecule has 2 aromatic carbocycles. The number of ether oxygens (including phenoxy) is 2. The van der Waals surface area contributed by atoms with E-state index in [9.17, 15) is 36.2 Å². The van der Waals surface area contributed by atoms with Gasteiger partial charge in [-0.2, -0.15) is 26.3 Å². The summed E-state index contributed by atoms with van der Waals surface area (Å²) in [6.07, 6.45) is -10.7. The molecule has 37 heavy (non-hydrogen) atoms. The van der Waals surface area contributed by atoms with Crippen LogP contribution in [0.15, 0.2) is 48.5 Å². The van der Waals surface area contributed by atoms with E-state index in [4.69, 9.17) is 9.47 Å². The number of likely N-dealkylation sites (tertiary alicyclic amines) is 1. The third-order valence-corrected chi connectivity index (χ3v) is 6.16. The Hall–Kier alpha value is -2.79. The summed E-state index contributed by atoms with van der Waals surface area (Å²) in [6.45, 7) is 1.62. The summed E-state index contributed by atoms with van der Waals surface area (Å²) in [4.78, 5) is 14.3. The van der Waals surface area contributed by atoms with Crippen LogP contribution in [-0.4, -0.2) is 42.0 Å². The molecule has 5 nitrogen and oxygen atoms in total. The number of halogens is 6. The summed E-state index contributed by atoms with van der Waals surface area (Å²) in [5.41, 5.74) is -2.79. The first kappa shape index (κ1) is 28.8. The molecule has 1 N–H and O–H groups in total. The molecule has 11 heteroatoms. The summed E-state index contributed by atoms with van der Waals surface area (Å²) in [6, 6.07) is 9.16. The number of aliphatic hydroxyl groups is 1. The number of amides is 1. The Labute approximate surface area is 211 Å². The molecule has 0 aliphatic carbocycles. The zero-order valence-electron chi connectivity index (χ0n) is 20.2. The van der Waals surface area contributed by atoms with Crippen LogP contribution in [0.25, 0.3) is 0 Å². The third kappa shape index (κ3) is 7.38. The van der Waals surface area contributed by atoms with E-state index in [0.717, 1.165) is 6.42 Å². The summed E-state index contributed by atoms with van der Waals surface area (Å²) in [7, 11) is 0. The molecule has 1 amide bonds. The Morgan fingerprint density at radius 3 is 2.22 bits per heavy atom. The minimum atomic E-state index is -5.04. The van der Waals surface area contributed by atoms with Gasteiger partial charge in [0.05, 0.1) is 36.5 Å². The minimum Gasteiger partial charge on any atom is -0.449 e. The highest BCUT2D eigenvalue weighted by atomic mass is 19.4. The summed E-state index contributed by atoms with van der Waals surface area (Å²) < 4.78 is 91.7. The molecule has 0 radical (unpaired) electrons. The number of nitrogens with zero attached hydrogens (tertiary/aromatic N) is 1. The van der Waals surface area contributed by atoms with Crippen molar-refractivity contribution in [1.82, 2.24) is 4.90 Å². The normalized spacial score (nSPS) is 19.5. The predicted molar refractivity (Wildman–Crippen MR) is 123 cm³/mol. The van der Waals surface area contributed by atoms with E-state index in [-0.39, 0.29) is 12.7 Å². The van der Waals surface area contributed by atoms with Crippen molar-refractivity contribution in [3.8, 4) is 0 Å². The van der Waals surface area contributed by atoms with Crippen LogP contribution in [0.4, 0.5) is 31.1 Å². The number of benzene rings is 2. The van der Waals surface area contributed by atoms with Gasteiger partial charge in [0.1, 0.15) is 6.10 Å². The van der Waals surface area contributed by atoms with Crippen LogP contribution in [0.1, 0.15) is 67.0 Å². The van der Waals surface area contributed by atoms with E-state index in [0.29, 0.717) is 43.5 Å². The molecular weight excluding hydrogens is 504 g/mol. The number of rotatable bonds is 8. The van der Waals surface area contributed by atoms with Gasteiger partial charge in [0, 0.05) is 6.54 Å². The number of hydrogen-bond donors (Lipinski definition) is 1. The average molecular weight is 534 g/mol. The van der Waals surface area contributed by atoms with Gasteiger partial charge in [-0.05, 0) is 48.6 Å². The zero-order valence-corrected chi connectivity index (χ0v) is 20.2. The first-order valence-corrected chi connectivity index (χ1v) is 12.0. The second kappa shape index (κ2) is 12.2. The van der Waals surface area contributed by atoms with E-state index in [2.05, 4.69) is 0 Å². The molecule has 1 aliphatic rings. The molecule has 0 bridgehead atoms. The molecule has 1 heterocycles. The fourth-order valence-electron chi connectivity index (χ4n) is 4.34. The van der Waals surface area contributed by atoms with Crippen LogP contribution in [0.5, 0.6) is 0 Å². The fourth-order valence-corrected chi connectivity index (χ4v) is 4.34. The Morgan fingerprint density at radius 1 is 1.05 bits per heavy atom. The van der Waals surface area contributed by atoms with Gasteiger partial charge in [0.25, 0.3) is 0 Å². The van der Waals surface area contributed by atoms with Crippen LogP contribution >= 0.6 is 0 Å². The molecule has 0 saturated carbocycles. The lowest BCUT2D eigenvalue weighted by Gasteiger charge is -2.42. The molecule has 0 aromatic heterocycles. The molecule has 3 rings (SSSR count). The molecule has 2 aromatic rings. The van der Waals surface area contributed by atoms with Gasteiger partial charge in [0.2, 0.25) is 0 Å². The highest BCUT2D eigenvalue weighted by Gasteiger charge is 2.40. The fraction of sp³-hybridized carbons (Fsp3) is 0.500. The molecule has 204 valence electrons. The molecule has 0 spiro atoms. The molecule has 1 saturated heterocycles. The Morgan fingerprint density at radius 2 is 1.68 bits per heavy atom. The van der Waals surface area contributed by atoms with Gasteiger partial charge in [-0.25, -0.2) is 4.79 Å². The number of carbonyl (C=O) groups is 1. The van der Waals surface area contributed by atoms with Crippen molar-refractivity contribution in [2.75, 3.05) is 19.8 Å². The number of alkyl halides is 6. The van der Waals surface area contributed by atoms with Gasteiger partial charge in [-0.15, -0.1) is 0 Å². The zero-order chi connectivity index (χ0) is 27.2. The van der Waals surface area contributed by atoms with Crippen LogP contribution < -0.4 is 0 Å². The van der Waals surface area contributed by atoms with E-state index in [1.807, 2.05) is 6.92 Å². The van der Waals surface area contributed by atoms with Crippen LogP contribution in [0.3, 0.4) is 0 Å². The predicted octanol–water partition coefficient (Wildman–Crippen LogP) is 6.92. The van der Waals surface area contributed by atoms with E-state index < -0.39 is 60.0 Å². The van der Waals surface area contributed by atoms with Crippen LogP contribution in [-0.2, 0) is 21.8 Å². The number of piperidine rings is 1. The number of unbranched alkanes of at least 4 members (excludes halogenated alkanes) is 1. The Bertz CT molecular complexity index is 996. The molecule has 3 unspecified atom stereocenters. The van der Waals surface area contributed by atoms with Gasteiger partial charge in [-0.1, -0.05) is 43.7 Å². The van der Waals surface area contributed by atoms with Gasteiger partial charge >= 0.3 is 18.4 Å². The third-order valence-electron chi connectivity index (χ3n) is 6.16. The van der Waals surface area contributed by atoms with Gasteiger partial charge < -0.3 is 14.6 Å². The van der Waals surface area contributed by atoms with Crippen molar-refractivity contribution in [2.24, 2.45) is 0 Å². The van der Waals surface area contributed by atoms with E-state index in [1.54, 1.807) is 30.3 Å². The maximum absolute atomic E-state index is 13.4. The molecule has 1 fully saturated rings. The lowest BCUT2D eigenvalue weighted by molar-refractivity contribution is -0.143. The average Bonchev–Trinajstić information content (AvgIpc) is 2.86. The van der Waals surface area contributed by atoms with Gasteiger partial charge in [-0.3, -0.25) is 4.90 Å².